The fourth-order valence-electron chi connectivity index (χ4n) is 1.91. The lowest BCUT2D eigenvalue weighted by Gasteiger charge is -1.94. The van der Waals surface area contributed by atoms with E-state index < -0.39 is 0 Å². The molecule has 1 heterocycles. The van der Waals surface area contributed by atoms with Crippen molar-refractivity contribution in [3.63, 3.8) is 0 Å². The molecule has 74 valence electrons. The summed E-state index contributed by atoms with van der Waals surface area (Å²) in [4.78, 5) is 0. The highest BCUT2D eigenvalue weighted by molar-refractivity contribution is 7.25. The van der Waals surface area contributed by atoms with E-state index in [1.807, 2.05) is 6.07 Å². The third-order valence-corrected chi connectivity index (χ3v) is 3.78. The highest BCUT2D eigenvalue weighted by Gasteiger charge is 2.04. The van der Waals surface area contributed by atoms with Crippen molar-refractivity contribution in [1.29, 1.82) is 0 Å². The molecule has 0 radical (unpaired) electrons. The minimum Gasteiger partial charge on any atom is -0.399 e. The van der Waals surface area contributed by atoms with Crippen LogP contribution in [0.2, 0.25) is 0 Å². The molecule has 0 aliphatic carbocycles. The van der Waals surface area contributed by atoms with E-state index in [2.05, 4.69) is 37.3 Å². The van der Waals surface area contributed by atoms with Crippen molar-refractivity contribution < 1.29 is 0 Å². The molecular weight excluding hydrogens is 202 g/mol. The zero-order valence-electron chi connectivity index (χ0n) is 8.45. The molecule has 0 saturated heterocycles. The Morgan fingerprint density at radius 3 is 2.67 bits per heavy atom. The van der Waals surface area contributed by atoms with Crippen molar-refractivity contribution in [3.8, 4) is 0 Å². The average molecular weight is 213 g/mol. The molecule has 0 amide bonds. The molecule has 0 aliphatic rings. The van der Waals surface area contributed by atoms with E-state index in [-0.39, 0.29) is 0 Å². The number of fused-ring (bicyclic) bond motifs is 3. The van der Waals surface area contributed by atoms with Gasteiger partial charge in [-0.05, 0) is 31.2 Å². The van der Waals surface area contributed by atoms with Crippen molar-refractivity contribution >= 4 is 37.2 Å². The summed E-state index contributed by atoms with van der Waals surface area (Å²) < 4.78 is 2.61. The lowest BCUT2D eigenvalue weighted by molar-refractivity contribution is 1.52. The van der Waals surface area contributed by atoms with E-state index in [9.17, 15) is 0 Å². The van der Waals surface area contributed by atoms with Gasteiger partial charge in [-0.15, -0.1) is 11.3 Å². The van der Waals surface area contributed by atoms with Gasteiger partial charge in [-0.25, -0.2) is 0 Å². The van der Waals surface area contributed by atoms with Crippen LogP contribution in [-0.4, -0.2) is 0 Å². The topological polar surface area (TPSA) is 26.0 Å². The van der Waals surface area contributed by atoms with Crippen LogP contribution in [0.25, 0.3) is 20.2 Å². The van der Waals surface area contributed by atoms with Gasteiger partial charge in [0.2, 0.25) is 0 Å². The number of rotatable bonds is 0. The Balaban J connectivity index is 2.53. The maximum Gasteiger partial charge on any atom is 0.0375 e. The van der Waals surface area contributed by atoms with Gasteiger partial charge in [0.15, 0.2) is 0 Å². The number of nitrogen functional groups attached to an aromatic ring is 1. The fraction of sp³-hybridized carbons (Fsp3) is 0.0769. The maximum absolute atomic E-state index is 5.78. The third kappa shape index (κ3) is 1.29. The molecule has 0 unspecified atom stereocenters. The highest BCUT2D eigenvalue weighted by Crippen LogP contribution is 2.35. The number of anilines is 1. The molecule has 0 saturated carbocycles. The van der Waals surface area contributed by atoms with E-state index in [1.54, 1.807) is 11.3 Å². The SMILES string of the molecule is Cc1ccc2sc3cc(N)ccc3c2c1. The first-order chi connectivity index (χ1) is 7.24. The van der Waals surface area contributed by atoms with Gasteiger partial charge in [-0.2, -0.15) is 0 Å². The molecule has 15 heavy (non-hydrogen) atoms. The standard InChI is InChI=1S/C13H11NS/c1-8-2-5-12-11(6-8)10-4-3-9(14)7-13(10)15-12/h2-7H,14H2,1H3. The van der Waals surface area contributed by atoms with Crippen LogP contribution in [0.5, 0.6) is 0 Å². The zero-order valence-corrected chi connectivity index (χ0v) is 9.27. The predicted octanol–water partition coefficient (Wildman–Crippen LogP) is 3.95. The highest BCUT2D eigenvalue weighted by atomic mass is 32.1. The van der Waals surface area contributed by atoms with Gasteiger partial charge < -0.3 is 5.73 Å². The summed E-state index contributed by atoms with van der Waals surface area (Å²) in [6.07, 6.45) is 0. The second-order valence-corrected chi connectivity index (χ2v) is 4.94. The van der Waals surface area contributed by atoms with Gasteiger partial charge in [-0.1, -0.05) is 17.7 Å². The molecule has 3 aromatic rings. The Morgan fingerprint density at radius 1 is 0.933 bits per heavy atom. The van der Waals surface area contributed by atoms with Crippen LogP contribution in [0.4, 0.5) is 5.69 Å². The monoisotopic (exact) mass is 213 g/mol. The largest absolute Gasteiger partial charge is 0.399 e. The van der Waals surface area contributed by atoms with Crippen LogP contribution in [0.15, 0.2) is 36.4 Å². The fourth-order valence-corrected chi connectivity index (χ4v) is 3.04. The lowest BCUT2D eigenvalue weighted by Crippen LogP contribution is -1.81. The molecule has 2 heteroatoms. The van der Waals surface area contributed by atoms with Crippen LogP contribution in [0.3, 0.4) is 0 Å². The summed E-state index contributed by atoms with van der Waals surface area (Å²) in [5, 5.41) is 2.66. The number of aryl methyl sites for hydroxylation is 1. The molecule has 0 aliphatic heterocycles. The first-order valence-electron chi connectivity index (χ1n) is 4.92. The Labute approximate surface area is 92.1 Å². The van der Waals surface area contributed by atoms with Gasteiger partial charge in [0.05, 0.1) is 0 Å². The molecule has 3 rings (SSSR count). The van der Waals surface area contributed by atoms with Gasteiger partial charge in [-0.3, -0.25) is 0 Å². The lowest BCUT2D eigenvalue weighted by atomic mass is 10.1. The van der Waals surface area contributed by atoms with Crippen LogP contribution < -0.4 is 5.73 Å². The number of benzene rings is 2. The van der Waals surface area contributed by atoms with Crippen molar-refractivity contribution in [2.75, 3.05) is 5.73 Å². The van der Waals surface area contributed by atoms with Crippen LogP contribution in [0, 0.1) is 6.92 Å². The summed E-state index contributed by atoms with van der Waals surface area (Å²) >= 11 is 1.80. The average Bonchev–Trinajstić information content (AvgIpc) is 2.54. The summed E-state index contributed by atoms with van der Waals surface area (Å²) in [5.41, 5.74) is 7.93. The second-order valence-electron chi connectivity index (χ2n) is 3.86. The Bertz CT molecular complexity index is 652. The smallest absolute Gasteiger partial charge is 0.0375 e. The third-order valence-electron chi connectivity index (χ3n) is 2.65. The summed E-state index contributed by atoms with van der Waals surface area (Å²) in [6.45, 7) is 2.13. The molecule has 0 spiro atoms. The first kappa shape index (κ1) is 8.74. The molecular formula is C13H11NS. The Kier molecular flexibility index (Phi) is 1.73. The van der Waals surface area contributed by atoms with E-state index in [0.29, 0.717) is 0 Å². The molecule has 0 bridgehead atoms. The van der Waals surface area contributed by atoms with E-state index in [1.165, 1.54) is 25.7 Å². The molecule has 2 aromatic carbocycles. The number of hydrogen-bond acceptors (Lipinski definition) is 2. The minimum atomic E-state index is 0.839. The zero-order chi connectivity index (χ0) is 10.4. The Hall–Kier alpha value is -1.54. The number of thiophene rings is 1. The van der Waals surface area contributed by atoms with Gasteiger partial charge in [0.1, 0.15) is 0 Å². The van der Waals surface area contributed by atoms with E-state index in [4.69, 9.17) is 5.73 Å². The van der Waals surface area contributed by atoms with E-state index >= 15 is 0 Å². The molecule has 1 aromatic heterocycles. The molecule has 0 fully saturated rings. The number of nitrogens with two attached hydrogens (primary N) is 1. The van der Waals surface area contributed by atoms with Crippen molar-refractivity contribution in [3.05, 3.63) is 42.0 Å². The van der Waals surface area contributed by atoms with Crippen molar-refractivity contribution in [1.82, 2.24) is 0 Å². The van der Waals surface area contributed by atoms with Crippen LogP contribution >= 0.6 is 11.3 Å². The summed E-state index contributed by atoms with van der Waals surface area (Å²) in [5.74, 6) is 0. The Morgan fingerprint density at radius 2 is 1.80 bits per heavy atom. The maximum atomic E-state index is 5.78. The van der Waals surface area contributed by atoms with Gasteiger partial charge in [0, 0.05) is 25.9 Å². The van der Waals surface area contributed by atoms with Crippen LogP contribution in [0.1, 0.15) is 5.56 Å². The predicted molar refractivity (Wildman–Crippen MR) is 68.5 cm³/mol. The second kappa shape index (κ2) is 2.97. The van der Waals surface area contributed by atoms with E-state index in [0.717, 1.165) is 5.69 Å². The quantitative estimate of drug-likeness (QED) is 0.562. The normalized spacial score (nSPS) is 11.3. The van der Waals surface area contributed by atoms with Gasteiger partial charge in [0.25, 0.3) is 0 Å². The van der Waals surface area contributed by atoms with Crippen molar-refractivity contribution in [2.24, 2.45) is 0 Å². The summed E-state index contributed by atoms with van der Waals surface area (Å²) in [6, 6.07) is 12.7. The molecule has 1 nitrogen and oxygen atoms in total. The van der Waals surface area contributed by atoms with Crippen molar-refractivity contribution in [2.45, 2.75) is 6.92 Å². The van der Waals surface area contributed by atoms with Gasteiger partial charge >= 0.3 is 0 Å². The number of hydrogen-bond donors (Lipinski definition) is 1. The molecule has 0 atom stereocenters. The molecule has 2 N–H and O–H groups in total. The minimum absolute atomic E-state index is 0.839. The van der Waals surface area contributed by atoms with Crippen LogP contribution in [-0.2, 0) is 0 Å². The first-order valence-corrected chi connectivity index (χ1v) is 5.74. The summed E-state index contributed by atoms with van der Waals surface area (Å²) in [7, 11) is 0.